The Morgan fingerprint density at radius 1 is 0.975 bits per heavy atom. The summed E-state index contributed by atoms with van der Waals surface area (Å²) in [7, 11) is 0. The van der Waals surface area contributed by atoms with Crippen LogP contribution in [0.4, 0.5) is 0 Å². The number of pyridine rings is 1. The Hall–Kier alpha value is -3.95. The molecule has 0 aliphatic carbocycles. The maximum absolute atomic E-state index is 13.3. The first kappa shape index (κ1) is 27.6. The predicted octanol–water partition coefficient (Wildman–Crippen LogP) is 7.90. The van der Waals surface area contributed by atoms with E-state index >= 15 is 0 Å². The molecule has 200 valence electrons. The largest absolute Gasteiger partial charge is 0.490 e. The van der Waals surface area contributed by atoms with Crippen molar-refractivity contribution in [3.8, 4) is 22.8 Å². The van der Waals surface area contributed by atoms with E-state index in [1.54, 1.807) is 12.3 Å². The van der Waals surface area contributed by atoms with Crippen molar-refractivity contribution in [1.82, 2.24) is 10.4 Å². The van der Waals surface area contributed by atoms with Crippen LogP contribution in [0.15, 0.2) is 102 Å². The second-order valence-electron chi connectivity index (χ2n) is 8.78. The van der Waals surface area contributed by atoms with Gasteiger partial charge in [0.05, 0.1) is 33.2 Å². The molecule has 0 aliphatic rings. The van der Waals surface area contributed by atoms with E-state index in [9.17, 15) is 4.79 Å². The third-order valence-electron chi connectivity index (χ3n) is 6.07. The summed E-state index contributed by atoms with van der Waals surface area (Å²) in [5, 5.41) is 5.64. The van der Waals surface area contributed by atoms with E-state index in [-0.39, 0.29) is 5.91 Å². The third-order valence-corrected chi connectivity index (χ3v) is 7.24. The minimum Gasteiger partial charge on any atom is -0.490 e. The standard InChI is InChI=1S/C32H25ClIN3O3/c1-2-39-30-17-21(16-27(34)31(30)40-20-23-12-6-8-14-26(23)33)19-35-37-32(38)25-18-29(22-10-4-3-5-11-22)36-28-15-9-7-13-24(25)28/h3-19H,2,20H2,1H3,(H,37,38)/b35-19-. The molecule has 40 heavy (non-hydrogen) atoms. The molecule has 5 rings (SSSR count). The molecule has 4 aromatic carbocycles. The topological polar surface area (TPSA) is 72.8 Å². The molecule has 1 N–H and O–H groups in total. The van der Waals surface area contributed by atoms with Crippen molar-refractivity contribution in [2.24, 2.45) is 5.10 Å². The van der Waals surface area contributed by atoms with Crippen LogP contribution in [0.2, 0.25) is 5.02 Å². The number of carbonyl (C=O) groups is 1. The van der Waals surface area contributed by atoms with E-state index in [2.05, 4.69) is 33.1 Å². The van der Waals surface area contributed by atoms with E-state index in [1.807, 2.05) is 97.9 Å². The molecule has 1 amide bonds. The van der Waals surface area contributed by atoms with Gasteiger partial charge in [-0.25, -0.2) is 10.4 Å². The number of fused-ring (bicyclic) bond motifs is 1. The van der Waals surface area contributed by atoms with Crippen molar-refractivity contribution < 1.29 is 14.3 Å². The van der Waals surface area contributed by atoms with Crippen LogP contribution < -0.4 is 14.9 Å². The first-order chi connectivity index (χ1) is 19.5. The maximum atomic E-state index is 13.3. The van der Waals surface area contributed by atoms with Crippen LogP contribution in [-0.2, 0) is 6.61 Å². The lowest BCUT2D eigenvalue weighted by Gasteiger charge is -2.15. The first-order valence-corrected chi connectivity index (χ1v) is 14.1. The molecule has 5 aromatic rings. The van der Waals surface area contributed by atoms with Gasteiger partial charge in [-0.15, -0.1) is 0 Å². The van der Waals surface area contributed by atoms with Crippen molar-refractivity contribution >= 4 is 57.2 Å². The normalized spacial score (nSPS) is 11.1. The second kappa shape index (κ2) is 12.9. The third kappa shape index (κ3) is 6.43. The Balaban J connectivity index is 1.37. The molecule has 0 bridgehead atoms. The summed E-state index contributed by atoms with van der Waals surface area (Å²) in [5.74, 6) is 0.883. The number of hydrazone groups is 1. The molecule has 0 radical (unpaired) electrons. The van der Waals surface area contributed by atoms with Gasteiger partial charge in [-0.3, -0.25) is 4.79 Å². The van der Waals surface area contributed by atoms with Gasteiger partial charge in [0.15, 0.2) is 11.5 Å². The number of amides is 1. The van der Waals surface area contributed by atoms with Crippen LogP contribution in [0.1, 0.15) is 28.4 Å². The minimum atomic E-state index is -0.327. The first-order valence-electron chi connectivity index (χ1n) is 12.6. The molecule has 0 saturated heterocycles. The SMILES string of the molecule is CCOc1cc(/C=N\NC(=O)c2cc(-c3ccccc3)nc3ccccc23)cc(I)c1OCc1ccccc1Cl. The van der Waals surface area contributed by atoms with Gasteiger partial charge < -0.3 is 9.47 Å². The average molecular weight is 662 g/mol. The highest BCUT2D eigenvalue weighted by Gasteiger charge is 2.15. The quantitative estimate of drug-likeness (QED) is 0.0991. The molecule has 0 spiro atoms. The molecule has 0 atom stereocenters. The van der Waals surface area contributed by atoms with Crippen molar-refractivity contribution in [2.75, 3.05) is 6.61 Å². The number of nitrogens with zero attached hydrogens (tertiary/aromatic N) is 2. The van der Waals surface area contributed by atoms with Crippen LogP contribution in [0, 0.1) is 3.57 Å². The molecule has 1 heterocycles. The number of hydrogen-bond donors (Lipinski definition) is 1. The zero-order valence-corrected chi connectivity index (χ0v) is 24.5. The van der Waals surface area contributed by atoms with E-state index in [0.717, 1.165) is 36.9 Å². The lowest BCUT2D eigenvalue weighted by molar-refractivity contribution is 0.0956. The van der Waals surface area contributed by atoms with Crippen LogP contribution >= 0.6 is 34.2 Å². The van der Waals surface area contributed by atoms with Gasteiger partial charge in [0.25, 0.3) is 5.91 Å². The molecule has 8 heteroatoms. The Bertz CT molecular complexity index is 1690. The number of para-hydroxylation sites is 1. The summed E-state index contributed by atoms with van der Waals surface area (Å²) in [6.45, 7) is 2.69. The number of benzene rings is 4. The van der Waals surface area contributed by atoms with E-state index in [4.69, 9.17) is 26.1 Å². The zero-order chi connectivity index (χ0) is 27.9. The molecule has 6 nitrogen and oxygen atoms in total. The van der Waals surface area contributed by atoms with E-state index < -0.39 is 0 Å². The van der Waals surface area contributed by atoms with Crippen molar-refractivity contribution in [3.05, 3.63) is 122 Å². The fraction of sp³-hybridized carbons (Fsp3) is 0.0938. The molecular formula is C32H25ClIN3O3. The van der Waals surface area contributed by atoms with Crippen LogP contribution in [-0.4, -0.2) is 23.7 Å². The number of halogens is 2. The number of nitrogens with one attached hydrogen (secondary N) is 1. The molecular weight excluding hydrogens is 637 g/mol. The van der Waals surface area contributed by atoms with Gasteiger partial charge in [-0.2, -0.15) is 5.10 Å². The summed E-state index contributed by atoms with van der Waals surface area (Å²) in [6.07, 6.45) is 1.59. The molecule has 0 saturated carbocycles. The van der Waals surface area contributed by atoms with Gasteiger partial charge >= 0.3 is 0 Å². The maximum Gasteiger partial charge on any atom is 0.272 e. The van der Waals surface area contributed by atoms with Crippen LogP contribution in [0.5, 0.6) is 11.5 Å². The summed E-state index contributed by atoms with van der Waals surface area (Å²) in [6, 6.07) is 30.5. The van der Waals surface area contributed by atoms with Gasteiger partial charge in [-0.05, 0) is 65.4 Å². The summed E-state index contributed by atoms with van der Waals surface area (Å²) < 4.78 is 12.8. The number of rotatable bonds is 9. The number of ether oxygens (including phenoxy) is 2. The average Bonchev–Trinajstić information content (AvgIpc) is 2.97. The summed E-state index contributed by atoms with van der Waals surface area (Å²) in [5.41, 5.74) is 7.19. The lowest BCUT2D eigenvalue weighted by atomic mass is 10.0. The fourth-order valence-corrected chi connectivity index (χ4v) is 5.15. The summed E-state index contributed by atoms with van der Waals surface area (Å²) >= 11 is 8.49. The predicted molar refractivity (Wildman–Crippen MR) is 168 cm³/mol. The van der Waals surface area contributed by atoms with Crippen LogP contribution in [0.25, 0.3) is 22.2 Å². The number of hydrogen-bond acceptors (Lipinski definition) is 5. The summed E-state index contributed by atoms with van der Waals surface area (Å²) in [4.78, 5) is 18.0. The van der Waals surface area contributed by atoms with Gasteiger partial charge in [-0.1, -0.05) is 78.3 Å². The smallest absolute Gasteiger partial charge is 0.272 e. The fourth-order valence-electron chi connectivity index (χ4n) is 4.18. The Morgan fingerprint density at radius 3 is 2.52 bits per heavy atom. The van der Waals surface area contributed by atoms with Crippen LogP contribution in [0.3, 0.4) is 0 Å². The Morgan fingerprint density at radius 2 is 1.73 bits per heavy atom. The highest BCUT2D eigenvalue weighted by Crippen LogP contribution is 2.35. The lowest BCUT2D eigenvalue weighted by Crippen LogP contribution is -2.18. The number of carbonyl (C=O) groups excluding carboxylic acids is 1. The van der Waals surface area contributed by atoms with E-state index in [0.29, 0.717) is 35.3 Å². The highest BCUT2D eigenvalue weighted by atomic mass is 127. The monoisotopic (exact) mass is 661 g/mol. The van der Waals surface area contributed by atoms with Gasteiger partial charge in [0.1, 0.15) is 6.61 Å². The molecule has 1 aromatic heterocycles. The van der Waals surface area contributed by atoms with E-state index in [1.165, 1.54) is 0 Å². The Kier molecular flexibility index (Phi) is 8.93. The number of aromatic nitrogens is 1. The Labute approximate surface area is 251 Å². The minimum absolute atomic E-state index is 0.310. The van der Waals surface area contributed by atoms with Crippen molar-refractivity contribution in [1.29, 1.82) is 0 Å². The van der Waals surface area contributed by atoms with Gasteiger partial charge in [0.2, 0.25) is 0 Å². The molecule has 0 unspecified atom stereocenters. The molecule has 0 aliphatic heterocycles. The second-order valence-corrected chi connectivity index (χ2v) is 10.3. The highest BCUT2D eigenvalue weighted by molar-refractivity contribution is 14.1. The van der Waals surface area contributed by atoms with Crippen molar-refractivity contribution in [2.45, 2.75) is 13.5 Å². The molecule has 0 fully saturated rings. The van der Waals surface area contributed by atoms with Gasteiger partial charge in [0, 0.05) is 21.5 Å². The zero-order valence-electron chi connectivity index (χ0n) is 21.6. The van der Waals surface area contributed by atoms with Crippen molar-refractivity contribution in [3.63, 3.8) is 0 Å².